The number of carbonyl (C=O) groups is 1. The maximum Gasteiger partial charge on any atom is 0.260 e. The molecule has 124 valence electrons. The number of carbonyl (C=O) groups excluding carboxylic acids is 1. The maximum absolute atomic E-state index is 12.7. The Kier molecular flexibility index (Phi) is 4.26. The second-order valence-corrected chi connectivity index (χ2v) is 6.32. The standard InChI is InChI=1S/C17H23N3O3/c1-10-9-20(2)17(22)14-11(8-18-15(10)14)16(21)19-12-6-4-5-7-13(12)23-3/h8-9,12-13,18H,4-7H2,1-3H3,(H,19,21). The Balaban J connectivity index is 1.94. The van der Waals surface area contributed by atoms with Gasteiger partial charge in [-0.3, -0.25) is 9.59 Å². The van der Waals surface area contributed by atoms with Crippen LogP contribution >= 0.6 is 0 Å². The minimum Gasteiger partial charge on any atom is -0.379 e. The number of H-pyrrole nitrogens is 1. The Hall–Kier alpha value is -2.08. The lowest BCUT2D eigenvalue weighted by molar-refractivity contribution is 0.0393. The van der Waals surface area contributed by atoms with Crippen LogP contribution in [-0.4, -0.2) is 34.7 Å². The zero-order valence-electron chi connectivity index (χ0n) is 13.8. The van der Waals surface area contributed by atoms with Gasteiger partial charge in [-0.05, 0) is 25.3 Å². The van der Waals surface area contributed by atoms with Gasteiger partial charge in [-0.25, -0.2) is 0 Å². The molecular weight excluding hydrogens is 294 g/mol. The number of aromatic amines is 1. The fourth-order valence-electron chi connectivity index (χ4n) is 3.52. The van der Waals surface area contributed by atoms with Gasteiger partial charge in [0.15, 0.2) is 0 Å². The van der Waals surface area contributed by atoms with Gasteiger partial charge in [0.25, 0.3) is 11.5 Å². The van der Waals surface area contributed by atoms with Crippen LogP contribution in [0.25, 0.3) is 10.9 Å². The number of aryl methyl sites for hydroxylation is 2. The van der Waals surface area contributed by atoms with Crippen LogP contribution in [0.4, 0.5) is 0 Å². The second-order valence-electron chi connectivity index (χ2n) is 6.32. The molecule has 6 heteroatoms. The van der Waals surface area contributed by atoms with Crippen LogP contribution in [0.2, 0.25) is 0 Å². The molecule has 0 aromatic carbocycles. The van der Waals surface area contributed by atoms with Crippen LogP contribution in [0.15, 0.2) is 17.2 Å². The molecule has 3 rings (SSSR count). The number of nitrogens with zero attached hydrogens (tertiary/aromatic N) is 1. The Morgan fingerprint density at radius 3 is 2.87 bits per heavy atom. The summed E-state index contributed by atoms with van der Waals surface area (Å²) in [6, 6.07) is -0.000128. The number of nitrogens with one attached hydrogen (secondary N) is 2. The van der Waals surface area contributed by atoms with Crippen LogP contribution < -0.4 is 10.9 Å². The first-order valence-corrected chi connectivity index (χ1v) is 8.04. The molecule has 1 saturated carbocycles. The fraction of sp³-hybridized carbons (Fsp3) is 0.529. The normalized spacial score (nSPS) is 21.5. The van der Waals surface area contributed by atoms with E-state index >= 15 is 0 Å². The third-order valence-corrected chi connectivity index (χ3v) is 4.76. The topological polar surface area (TPSA) is 76.1 Å². The van der Waals surface area contributed by atoms with Crippen molar-refractivity contribution in [3.05, 3.63) is 33.9 Å². The van der Waals surface area contributed by atoms with E-state index < -0.39 is 0 Å². The van der Waals surface area contributed by atoms with Crippen molar-refractivity contribution >= 4 is 16.8 Å². The molecule has 1 amide bonds. The van der Waals surface area contributed by atoms with Crippen molar-refractivity contribution < 1.29 is 9.53 Å². The summed E-state index contributed by atoms with van der Waals surface area (Å²) in [4.78, 5) is 28.2. The smallest absolute Gasteiger partial charge is 0.260 e. The van der Waals surface area contributed by atoms with Crippen LogP contribution in [0.1, 0.15) is 41.6 Å². The van der Waals surface area contributed by atoms with Crippen LogP contribution in [0, 0.1) is 6.92 Å². The third-order valence-electron chi connectivity index (χ3n) is 4.76. The van der Waals surface area contributed by atoms with E-state index in [9.17, 15) is 9.59 Å². The highest BCUT2D eigenvalue weighted by molar-refractivity contribution is 6.07. The third kappa shape index (κ3) is 2.79. The Morgan fingerprint density at radius 1 is 1.39 bits per heavy atom. The molecule has 2 heterocycles. The zero-order chi connectivity index (χ0) is 16.6. The molecule has 2 aromatic heterocycles. The molecule has 0 aliphatic heterocycles. The second kappa shape index (κ2) is 6.20. The average Bonchev–Trinajstić information content (AvgIpc) is 2.99. The molecule has 2 aromatic rings. The van der Waals surface area contributed by atoms with Crippen molar-refractivity contribution in [1.82, 2.24) is 14.9 Å². The summed E-state index contributed by atoms with van der Waals surface area (Å²) in [5, 5.41) is 3.50. The van der Waals surface area contributed by atoms with Crippen molar-refractivity contribution in [3.8, 4) is 0 Å². The number of hydrogen-bond acceptors (Lipinski definition) is 3. The van der Waals surface area contributed by atoms with Crippen LogP contribution in [0.5, 0.6) is 0 Å². The summed E-state index contributed by atoms with van der Waals surface area (Å²) in [6.45, 7) is 1.92. The summed E-state index contributed by atoms with van der Waals surface area (Å²) in [7, 11) is 3.38. The molecule has 2 atom stereocenters. The van der Waals surface area contributed by atoms with Gasteiger partial charge in [0.2, 0.25) is 0 Å². The van der Waals surface area contributed by atoms with Gasteiger partial charge < -0.3 is 19.6 Å². The predicted octanol–water partition coefficient (Wildman–Crippen LogP) is 1.86. The molecule has 1 fully saturated rings. The van der Waals surface area contributed by atoms with Crippen molar-refractivity contribution in [2.75, 3.05) is 7.11 Å². The highest BCUT2D eigenvalue weighted by Crippen LogP contribution is 2.22. The van der Waals surface area contributed by atoms with E-state index in [1.54, 1.807) is 26.6 Å². The number of methoxy groups -OCH3 is 1. The Labute approximate surface area is 134 Å². The first-order valence-electron chi connectivity index (χ1n) is 8.04. The molecule has 2 N–H and O–H groups in total. The summed E-state index contributed by atoms with van der Waals surface area (Å²) < 4.78 is 7.00. The van der Waals surface area contributed by atoms with Crippen molar-refractivity contribution in [2.24, 2.45) is 7.05 Å². The summed E-state index contributed by atoms with van der Waals surface area (Å²) in [6.07, 6.45) is 7.50. The molecular formula is C17H23N3O3. The molecule has 1 aliphatic rings. The summed E-state index contributed by atoms with van der Waals surface area (Å²) in [5.41, 5.74) is 1.91. The van der Waals surface area contributed by atoms with E-state index in [-0.39, 0.29) is 23.6 Å². The number of rotatable bonds is 3. The van der Waals surface area contributed by atoms with Crippen molar-refractivity contribution in [2.45, 2.75) is 44.8 Å². The van der Waals surface area contributed by atoms with E-state index in [1.807, 2.05) is 6.92 Å². The lowest BCUT2D eigenvalue weighted by Crippen LogP contribution is -2.46. The average molecular weight is 317 g/mol. The summed E-state index contributed by atoms with van der Waals surface area (Å²) >= 11 is 0. The Bertz CT molecular complexity index is 790. The number of fused-ring (bicyclic) bond motifs is 1. The van der Waals surface area contributed by atoms with Gasteiger partial charge in [0.1, 0.15) is 0 Å². The van der Waals surface area contributed by atoms with Gasteiger partial charge in [-0.1, -0.05) is 12.8 Å². The fourth-order valence-corrected chi connectivity index (χ4v) is 3.52. The molecule has 0 radical (unpaired) electrons. The minimum absolute atomic E-state index is 0.000128. The van der Waals surface area contributed by atoms with Gasteiger partial charge in [-0.15, -0.1) is 0 Å². The number of pyridine rings is 1. The molecule has 0 spiro atoms. The number of aromatic nitrogens is 2. The number of ether oxygens (including phenoxy) is 1. The van der Waals surface area contributed by atoms with Crippen LogP contribution in [-0.2, 0) is 11.8 Å². The molecule has 6 nitrogen and oxygen atoms in total. The highest BCUT2D eigenvalue weighted by atomic mass is 16.5. The van der Waals surface area contributed by atoms with E-state index in [4.69, 9.17) is 4.74 Å². The zero-order valence-corrected chi connectivity index (χ0v) is 13.8. The van der Waals surface area contributed by atoms with E-state index in [0.29, 0.717) is 10.9 Å². The monoisotopic (exact) mass is 317 g/mol. The minimum atomic E-state index is -0.215. The lowest BCUT2D eigenvalue weighted by atomic mass is 9.92. The van der Waals surface area contributed by atoms with E-state index in [1.165, 1.54) is 4.57 Å². The van der Waals surface area contributed by atoms with E-state index in [0.717, 1.165) is 36.8 Å². The largest absolute Gasteiger partial charge is 0.379 e. The van der Waals surface area contributed by atoms with Gasteiger partial charge in [-0.2, -0.15) is 0 Å². The first kappa shape index (κ1) is 15.8. The maximum atomic E-state index is 12.7. The SMILES string of the molecule is COC1CCCCC1NC(=O)c1c[nH]c2c(C)cn(C)c(=O)c12. The van der Waals surface area contributed by atoms with Gasteiger partial charge in [0.05, 0.1) is 28.6 Å². The van der Waals surface area contributed by atoms with Crippen molar-refractivity contribution in [1.29, 1.82) is 0 Å². The van der Waals surface area contributed by atoms with E-state index in [2.05, 4.69) is 10.3 Å². The summed E-state index contributed by atoms with van der Waals surface area (Å²) in [5.74, 6) is -0.215. The first-order chi connectivity index (χ1) is 11.0. The molecule has 0 saturated heterocycles. The number of hydrogen-bond donors (Lipinski definition) is 2. The Morgan fingerprint density at radius 2 is 2.13 bits per heavy atom. The highest BCUT2D eigenvalue weighted by Gasteiger charge is 2.27. The number of amides is 1. The molecule has 2 unspecified atom stereocenters. The van der Waals surface area contributed by atoms with Gasteiger partial charge >= 0.3 is 0 Å². The van der Waals surface area contributed by atoms with Gasteiger partial charge in [0, 0.05) is 26.6 Å². The molecule has 0 bridgehead atoms. The van der Waals surface area contributed by atoms with Crippen molar-refractivity contribution in [3.63, 3.8) is 0 Å². The predicted molar refractivity (Wildman–Crippen MR) is 88.8 cm³/mol. The quantitative estimate of drug-likeness (QED) is 0.907. The molecule has 23 heavy (non-hydrogen) atoms. The molecule has 1 aliphatic carbocycles. The van der Waals surface area contributed by atoms with Crippen LogP contribution in [0.3, 0.4) is 0 Å². The lowest BCUT2D eigenvalue weighted by Gasteiger charge is -2.30.